The molecule has 0 atom stereocenters. The van der Waals surface area contributed by atoms with Gasteiger partial charge in [-0.1, -0.05) is 12.2 Å². The molecule has 0 spiro atoms. The van der Waals surface area contributed by atoms with Gasteiger partial charge in [-0.25, -0.2) is 0 Å². The third kappa shape index (κ3) is 2.95. The molecule has 0 unspecified atom stereocenters. The van der Waals surface area contributed by atoms with E-state index >= 15 is 0 Å². The first kappa shape index (κ1) is 8.62. The second kappa shape index (κ2) is 4.41. The summed E-state index contributed by atoms with van der Waals surface area (Å²) in [5.74, 6) is 0.723. The highest BCUT2D eigenvalue weighted by molar-refractivity contribution is 9.10. The Morgan fingerprint density at radius 2 is 2.45 bits per heavy atom. The Bertz CT molecular complexity index is 254. The van der Waals surface area contributed by atoms with E-state index in [1.807, 2.05) is 6.07 Å². The van der Waals surface area contributed by atoms with Gasteiger partial charge in [0.2, 0.25) is 0 Å². The van der Waals surface area contributed by atoms with Crippen LogP contribution in [0.2, 0.25) is 0 Å². The molecule has 58 valence electrons. The van der Waals surface area contributed by atoms with Crippen LogP contribution in [0.5, 0.6) is 5.75 Å². The summed E-state index contributed by atoms with van der Waals surface area (Å²) in [5, 5.41) is 1.53. The van der Waals surface area contributed by atoms with E-state index in [0.29, 0.717) is 6.61 Å². The first-order chi connectivity index (χ1) is 5.33. The van der Waals surface area contributed by atoms with Gasteiger partial charge in [0.1, 0.15) is 12.4 Å². The van der Waals surface area contributed by atoms with E-state index in [1.54, 1.807) is 12.4 Å². The summed E-state index contributed by atoms with van der Waals surface area (Å²) >= 11 is 7.88. The first-order valence-corrected chi connectivity index (χ1v) is 4.26. The summed E-state index contributed by atoms with van der Waals surface area (Å²) in [6.45, 7) is 0.438. The zero-order chi connectivity index (χ0) is 8.10. The van der Waals surface area contributed by atoms with Gasteiger partial charge in [-0.3, -0.25) is 4.98 Å². The van der Waals surface area contributed by atoms with Gasteiger partial charge >= 0.3 is 0 Å². The Morgan fingerprint density at radius 3 is 3.09 bits per heavy atom. The third-order valence-electron chi connectivity index (χ3n) is 0.998. The molecular formula is C7H6BrNOS. The van der Waals surface area contributed by atoms with Gasteiger partial charge in [0.05, 0.1) is 6.20 Å². The summed E-state index contributed by atoms with van der Waals surface area (Å²) < 4.78 is 6.09. The average Bonchev–Trinajstić information content (AvgIpc) is 2.01. The van der Waals surface area contributed by atoms with E-state index in [-0.39, 0.29) is 0 Å². The van der Waals surface area contributed by atoms with Crippen molar-refractivity contribution in [2.75, 3.05) is 6.61 Å². The Morgan fingerprint density at radius 1 is 1.64 bits per heavy atom. The van der Waals surface area contributed by atoms with Crippen molar-refractivity contribution >= 4 is 33.5 Å². The molecule has 0 aliphatic rings. The van der Waals surface area contributed by atoms with Crippen molar-refractivity contribution in [2.24, 2.45) is 0 Å². The minimum atomic E-state index is 0.438. The monoisotopic (exact) mass is 231 g/mol. The minimum absolute atomic E-state index is 0.438. The normalized spacial score (nSPS) is 9.18. The number of hydrogen-bond donors (Lipinski definition) is 0. The molecular weight excluding hydrogens is 226 g/mol. The predicted molar refractivity (Wildman–Crippen MR) is 51.1 cm³/mol. The largest absolute Gasteiger partial charge is 0.487 e. The highest BCUT2D eigenvalue weighted by Crippen LogP contribution is 2.15. The fraction of sp³-hybridized carbons (Fsp3) is 0.143. The second-order valence-corrected chi connectivity index (χ2v) is 3.07. The number of rotatable bonds is 3. The van der Waals surface area contributed by atoms with Crippen LogP contribution in [0, 0.1) is 0 Å². The lowest BCUT2D eigenvalue weighted by Gasteiger charge is -2.00. The fourth-order valence-corrected chi connectivity index (χ4v) is 1.01. The highest BCUT2D eigenvalue weighted by Gasteiger charge is 1.92. The van der Waals surface area contributed by atoms with Gasteiger partial charge in [0.25, 0.3) is 0 Å². The van der Waals surface area contributed by atoms with Crippen LogP contribution in [0.3, 0.4) is 0 Å². The van der Waals surface area contributed by atoms with E-state index in [4.69, 9.17) is 4.74 Å². The smallest absolute Gasteiger partial charge is 0.139 e. The van der Waals surface area contributed by atoms with Gasteiger partial charge in [-0.15, -0.1) is 0 Å². The van der Waals surface area contributed by atoms with Crippen molar-refractivity contribution in [3.05, 3.63) is 22.9 Å². The Hall–Kier alpha value is -0.480. The van der Waals surface area contributed by atoms with Crippen molar-refractivity contribution in [3.63, 3.8) is 0 Å². The molecule has 1 aromatic heterocycles. The van der Waals surface area contributed by atoms with Crippen LogP contribution < -0.4 is 4.74 Å². The number of halogens is 1. The molecule has 0 bridgehead atoms. The van der Waals surface area contributed by atoms with Gasteiger partial charge in [0, 0.05) is 16.0 Å². The molecule has 0 aromatic carbocycles. The Balaban J connectivity index is 2.63. The Kier molecular flexibility index (Phi) is 3.45. The molecule has 0 amide bonds. The van der Waals surface area contributed by atoms with E-state index in [1.165, 1.54) is 5.37 Å². The molecule has 2 nitrogen and oxygen atoms in total. The predicted octanol–water partition coefficient (Wildman–Crippen LogP) is 2.22. The fourth-order valence-electron chi connectivity index (χ4n) is 0.602. The lowest BCUT2D eigenvalue weighted by Crippen LogP contribution is -1.96. The lowest BCUT2D eigenvalue weighted by molar-refractivity contribution is 0.380. The molecule has 4 heteroatoms. The Labute approximate surface area is 78.7 Å². The van der Waals surface area contributed by atoms with E-state index < -0.39 is 0 Å². The first-order valence-electron chi connectivity index (χ1n) is 3.00. The summed E-state index contributed by atoms with van der Waals surface area (Å²) in [6.07, 6.45) is 3.34. The van der Waals surface area contributed by atoms with Crippen molar-refractivity contribution in [1.29, 1.82) is 0 Å². The molecule has 0 fully saturated rings. The highest BCUT2D eigenvalue weighted by atomic mass is 79.9. The second-order valence-electron chi connectivity index (χ2n) is 1.82. The molecule has 0 saturated carbocycles. The van der Waals surface area contributed by atoms with Crippen LogP contribution in [-0.2, 0) is 0 Å². The summed E-state index contributed by atoms with van der Waals surface area (Å²) in [4.78, 5) is 3.92. The maximum Gasteiger partial charge on any atom is 0.139 e. The molecule has 0 saturated heterocycles. The average molecular weight is 232 g/mol. The van der Waals surface area contributed by atoms with Crippen LogP contribution in [-0.4, -0.2) is 17.0 Å². The maximum absolute atomic E-state index is 5.18. The summed E-state index contributed by atoms with van der Waals surface area (Å²) in [7, 11) is 0. The number of thiocarbonyl (C=S) groups is 1. The van der Waals surface area contributed by atoms with Crippen molar-refractivity contribution in [3.8, 4) is 5.75 Å². The SMILES string of the molecule is S=CCOc1cncc(Br)c1. The third-order valence-corrected chi connectivity index (χ3v) is 1.57. The molecule has 11 heavy (non-hydrogen) atoms. The zero-order valence-electron chi connectivity index (χ0n) is 5.66. The molecule has 1 rings (SSSR count). The molecule has 1 heterocycles. The van der Waals surface area contributed by atoms with Gasteiger partial charge < -0.3 is 4.74 Å². The van der Waals surface area contributed by atoms with Gasteiger partial charge in [-0.2, -0.15) is 0 Å². The van der Waals surface area contributed by atoms with Crippen LogP contribution in [0.1, 0.15) is 0 Å². The zero-order valence-corrected chi connectivity index (χ0v) is 8.06. The number of ether oxygens (including phenoxy) is 1. The van der Waals surface area contributed by atoms with Crippen molar-refractivity contribution in [1.82, 2.24) is 4.98 Å². The van der Waals surface area contributed by atoms with Crippen LogP contribution >= 0.6 is 28.1 Å². The number of pyridine rings is 1. The maximum atomic E-state index is 5.18. The van der Waals surface area contributed by atoms with Crippen LogP contribution in [0.4, 0.5) is 0 Å². The topological polar surface area (TPSA) is 22.1 Å². The number of hydrogen-bond acceptors (Lipinski definition) is 3. The standard InChI is InChI=1S/C7H6BrNOS/c8-6-3-7(5-9-4-6)10-1-2-11/h2-5H,1H2. The number of nitrogens with zero attached hydrogens (tertiary/aromatic N) is 1. The summed E-state index contributed by atoms with van der Waals surface area (Å²) in [5.41, 5.74) is 0. The summed E-state index contributed by atoms with van der Waals surface area (Å²) in [6, 6.07) is 1.84. The van der Waals surface area contributed by atoms with Gasteiger partial charge in [0.15, 0.2) is 0 Å². The molecule has 1 aromatic rings. The molecule has 0 aliphatic heterocycles. The van der Waals surface area contributed by atoms with E-state index in [9.17, 15) is 0 Å². The van der Waals surface area contributed by atoms with Gasteiger partial charge in [-0.05, 0) is 22.0 Å². The van der Waals surface area contributed by atoms with E-state index in [2.05, 4.69) is 33.1 Å². The lowest BCUT2D eigenvalue weighted by atomic mass is 10.5. The van der Waals surface area contributed by atoms with Crippen molar-refractivity contribution < 1.29 is 4.74 Å². The number of aromatic nitrogens is 1. The van der Waals surface area contributed by atoms with E-state index in [0.717, 1.165) is 10.2 Å². The minimum Gasteiger partial charge on any atom is -0.487 e. The molecule has 0 radical (unpaired) electrons. The van der Waals surface area contributed by atoms with Crippen molar-refractivity contribution in [2.45, 2.75) is 0 Å². The quantitative estimate of drug-likeness (QED) is 0.746. The molecule has 0 N–H and O–H groups in total. The van der Waals surface area contributed by atoms with Crippen LogP contribution in [0.25, 0.3) is 0 Å². The van der Waals surface area contributed by atoms with Crippen LogP contribution in [0.15, 0.2) is 22.9 Å². The molecule has 0 aliphatic carbocycles.